The van der Waals surface area contributed by atoms with Crippen LogP contribution in [0.4, 0.5) is 0 Å². The minimum absolute atomic E-state index is 0.0544. The van der Waals surface area contributed by atoms with Gasteiger partial charge < -0.3 is 14.6 Å². The molecule has 1 rings (SSSR count). The first-order valence-electron chi connectivity index (χ1n) is 11.3. The molecule has 34 heavy (non-hydrogen) atoms. The number of aliphatic hydroxyl groups is 1. The summed E-state index contributed by atoms with van der Waals surface area (Å²) >= 11 is 0. The zero-order valence-corrected chi connectivity index (χ0v) is 20.0. The van der Waals surface area contributed by atoms with E-state index in [2.05, 4.69) is 13.2 Å². The van der Waals surface area contributed by atoms with Crippen LogP contribution in [0.5, 0.6) is 0 Å². The van der Waals surface area contributed by atoms with Gasteiger partial charge in [-0.15, -0.1) is 0 Å². The lowest BCUT2D eigenvalue weighted by Gasteiger charge is -2.14. The normalized spacial score (nSPS) is 10.7. The number of esters is 2. The number of carbonyl (C=O) groups excluding carboxylic acids is 2. The number of nitrogens with zero attached hydrogens (tertiary/aromatic N) is 3. The average Bonchev–Trinajstić information content (AvgIpc) is 2.79. The summed E-state index contributed by atoms with van der Waals surface area (Å²) < 4.78 is 13.0. The number of carbonyl (C=O) groups is 2. The van der Waals surface area contributed by atoms with Crippen LogP contribution in [0.25, 0.3) is 0 Å². The van der Waals surface area contributed by atoms with Gasteiger partial charge in [-0.3, -0.25) is 0 Å². The third-order valence-corrected chi connectivity index (χ3v) is 4.89. The van der Waals surface area contributed by atoms with Crippen molar-refractivity contribution in [3.63, 3.8) is 0 Å². The van der Waals surface area contributed by atoms with Crippen molar-refractivity contribution in [2.45, 2.75) is 72.0 Å². The highest BCUT2D eigenvalue weighted by molar-refractivity contribution is 5.87. The third-order valence-electron chi connectivity index (χ3n) is 4.89. The first-order chi connectivity index (χ1) is 16.1. The van der Waals surface area contributed by atoms with Gasteiger partial charge in [-0.1, -0.05) is 13.2 Å². The second-order valence-corrected chi connectivity index (χ2v) is 7.98. The van der Waals surface area contributed by atoms with E-state index in [9.17, 15) is 24.0 Å². The predicted octanol–water partition coefficient (Wildman–Crippen LogP) is 0.743. The van der Waals surface area contributed by atoms with Crippen LogP contribution in [0.15, 0.2) is 38.7 Å². The number of aromatic nitrogens is 3. The highest BCUT2D eigenvalue weighted by Gasteiger charge is 2.15. The number of aliphatic hydroxyl groups excluding tert-OH is 1. The number of rotatable bonds is 16. The minimum atomic E-state index is -0.716. The van der Waals surface area contributed by atoms with Crippen molar-refractivity contribution in [2.24, 2.45) is 0 Å². The lowest BCUT2D eigenvalue weighted by Crippen LogP contribution is -2.54. The van der Waals surface area contributed by atoms with Crippen LogP contribution in [0.3, 0.4) is 0 Å². The Morgan fingerprint density at radius 2 is 1.00 bits per heavy atom. The summed E-state index contributed by atoms with van der Waals surface area (Å²) in [4.78, 5) is 61.4. The number of unbranched alkanes of at least 4 members (excludes halogenated alkanes) is 3. The molecule has 1 heterocycles. The van der Waals surface area contributed by atoms with E-state index >= 15 is 0 Å². The van der Waals surface area contributed by atoms with E-state index in [1.54, 1.807) is 0 Å². The molecule has 11 nitrogen and oxygen atoms in total. The van der Waals surface area contributed by atoms with Crippen LogP contribution in [0.2, 0.25) is 0 Å². The quantitative estimate of drug-likeness (QED) is 0.207. The van der Waals surface area contributed by atoms with Gasteiger partial charge in [-0.2, -0.15) is 0 Å². The number of hydrogen-bond donors (Lipinski definition) is 1. The zero-order chi connectivity index (χ0) is 25.7. The molecule has 1 aromatic rings. The summed E-state index contributed by atoms with van der Waals surface area (Å²) in [7, 11) is 0. The Kier molecular flexibility index (Phi) is 12.6. The van der Waals surface area contributed by atoms with E-state index in [0.29, 0.717) is 38.5 Å². The van der Waals surface area contributed by atoms with Gasteiger partial charge in [0.15, 0.2) is 0 Å². The van der Waals surface area contributed by atoms with Crippen molar-refractivity contribution in [1.29, 1.82) is 0 Å². The molecule has 0 saturated heterocycles. The molecule has 0 fully saturated rings. The maximum Gasteiger partial charge on any atom is 0.336 e. The van der Waals surface area contributed by atoms with Gasteiger partial charge in [0.2, 0.25) is 0 Å². The van der Waals surface area contributed by atoms with Crippen molar-refractivity contribution in [3.8, 4) is 0 Å². The fourth-order valence-electron chi connectivity index (χ4n) is 2.96. The molecule has 0 spiro atoms. The van der Waals surface area contributed by atoms with Gasteiger partial charge in [0, 0.05) is 37.4 Å². The number of hydrogen-bond acceptors (Lipinski definition) is 8. The van der Waals surface area contributed by atoms with E-state index in [0.717, 1.165) is 13.7 Å². The molecule has 0 aliphatic carbocycles. The summed E-state index contributed by atoms with van der Waals surface area (Å²) in [6.45, 7) is 10.4. The van der Waals surface area contributed by atoms with Gasteiger partial charge >= 0.3 is 29.0 Å². The van der Waals surface area contributed by atoms with Crippen molar-refractivity contribution >= 4 is 11.9 Å². The smallest absolute Gasteiger partial charge is 0.336 e. The van der Waals surface area contributed by atoms with Crippen molar-refractivity contribution in [2.75, 3.05) is 19.8 Å². The highest BCUT2D eigenvalue weighted by Crippen LogP contribution is 1.99. The Bertz CT molecular complexity index is 974. The minimum Gasteiger partial charge on any atom is -0.462 e. The van der Waals surface area contributed by atoms with Crippen LogP contribution >= 0.6 is 0 Å². The second-order valence-electron chi connectivity index (χ2n) is 7.98. The molecule has 0 aromatic carbocycles. The summed E-state index contributed by atoms with van der Waals surface area (Å²) in [5.41, 5.74) is -1.57. The molecular formula is C23H35N3O8. The molecule has 190 valence electrons. The van der Waals surface area contributed by atoms with E-state index in [-0.39, 0.29) is 50.6 Å². The fourth-order valence-corrected chi connectivity index (χ4v) is 2.96. The van der Waals surface area contributed by atoms with Crippen LogP contribution in [-0.2, 0) is 38.7 Å². The SMILES string of the molecule is C=C(C)C(=O)OCCCCn1c(=O)n(CCCCO)c(=O)n(CCCCOC(=O)C(=C)C)c1=O. The van der Waals surface area contributed by atoms with E-state index < -0.39 is 29.0 Å². The molecule has 0 amide bonds. The van der Waals surface area contributed by atoms with Crippen LogP contribution < -0.4 is 17.1 Å². The summed E-state index contributed by atoms with van der Waals surface area (Å²) in [6.07, 6.45) is 2.41. The van der Waals surface area contributed by atoms with Crippen LogP contribution in [0.1, 0.15) is 52.4 Å². The maximum absolute atomic E-state index is 12.9. The average molecular weight is 482 g/mol. The Labute approximate surface area is 197 Å². The van der Waals surface area contributed by atoms with Gasteiger partial charge in [-0.25, -0.2) is 37.7 Å². The van der Waals surface area contributed by atoms with Gasteiger partial charge in [0.1, 0.15) is 0 Å². The molecule has 0 bridgehead atoms. The molecule has 0 unspecified atom stereocenters. The molecule has 0 atom stereocenters. The highest BCUT2D eigenvalue weighted by atomic mass is 16.5. The predicted molar refractivity (Wildman–Crippen MR) is 126 cm³/mol. The first-order valence-corrected chi connectivity index (χ1v) is 11.3. The summed E-state index contributed by atoms with van der Waals surface area (Å²) in [6, 6.07) is 0. The van der Waals surface area contributed by atoms with Gasteiger partial charge in [0.25, 0.3) is 0 Å². The third kappa shape index (κ3) is 8.97. The standard InChI is InChI=1S/C23H35N3O8/c1-17(2)19(28)33-15-9-6-12-25-21(30)24(11-5-8-14-27)22(31)26(23(25)32)13-7-10-16-34-20(29)18(3)4/h27H,1,3,5-16H2,2,4H3. The Balaban J connectivity index is 2.94. The Morgan fingerprint density at radius 3 is 1.29 bits per heavy atom. The molecule has 0 aliphatic heterocycles. The van der Waals surface area contributed by atoms with E-state index in [4.69, 9.17) is 14.6 Å². The molecule has 11 heteroatoms. The van der Waals surface area contributed by atoms with E-state index in [1.165, 1.54) is 13.8 Å². The topological polar surface area (TPSA) is 139 Å². The zero-order valence-electron chi connectivity index (χ0n) is 20.0. The molecule has 1 aromatic heterocycles. The van der Waals surface area contributed by atoms with Gasteiger partial charge in [0.05, 0.1) is 13.2 Å². The second kappa shape index (κ2) is 14.8. The largest absolute Gasteiger partial charge is 0.462 e. The van der Waals surface area contributed by atoms with Crippen LogP contribution in [-0.4, -0.2) is 50.6 Å². The van der Waals surface area contributed by atoms with Crippen LogP contribution in [0, 0.1) is 0 Å². The molecular weight excluding hydrogens is 446 g/mol. The monoisotopic (exact) mass is 481 g/mol. The lowest BCUT2D eigenvalue weighted by atomic mass is 10.3. The van der Waals surface area contributed by atoms with Gasteiger partial charge in [-0.05, 0) is 52.4 Å². The summed E-state index contributed by atoms with van der Waals surface area (Å²) in [5, 5.41) is 9.01. The Hall–Kier alpha value is -3.21. The number of ether oxygens (including phenoxy) is 2. The van der Waals surface area contributed by atoms with Crippen molar-refractivity contribution in [3.05, 3.63) is 55.8 Å². The molecule has 0 saturated carbocycles. The molecule has 0 radical (unpaired) electrons. The maximum atomic E-state index is 12.9. The molecule has 1 N–H and O–H groups in total. The lowest BCUT2D eigenvalue weighted by molar-refractivity contribution is -0.139. The van der Waals surface area contributed by atoms with E-state index in [1.807, 2.05) is 0 Å². The van der Waals surface area contributed by atoms with Crippen molar-refractivity contribution in [1.82, 2.24) is 13.7 Å². The Morgan fingerprint density at radius 1 is 0.676 bits per heavy atom. The fraction of sp³-hybridized carbons (Fsp3) is 0.609. The molecule has 0 aliphatic rings. The summed E-state index contributed by atoms with van der Waals surface area (Å²) in [5.74, 6) is -1.02. The first kappa shape index (κ1) is 28.8. The van der Waals surface area contributed by atoms with Crippen molar-refractivity contribution < 1.29 is 24.2 Å².